The van der Waals surface area contributed by atoms with Gasteiger partial charge in [-0.2, -0.15) is 0 Å². The van der Waals surface area contributed by atoms with Crippen LogP contribution >= 0.6 is 0 Å². The molecule has 0 radical (unpaired) electrons. The molecule has 6 heteroatoms. The number of aromatic nitrogens is 2. The van der Waals surface area contributed by atoms with E-state index in [0.717, 1.165) is 25.1 Å². The van der Waals surface area contributed by atoms with Crippen LogP contribution in [0.1, 0.15) is 52.8 Å². The van der Waals surface area contributed by atoms with Crippen LogP contribution in [0.15, 0.2) is 6.07 Å². The monoisotopic (exact) mass is 281 g/mol. The van der Waals surface area contributed by atoms with Crippen molar-refractivity contribution in [1.29, 1.82) is 0 Å². The second kappa shape index (κ2) is 8.01. The van der Waals surface area contributed by atoms with Crippen molar-refractivity contribution in [2.45, 2.75) is 59.1 Å². The first-order valence-electron chi connectivity index (χ1n) is 7.33. The number of anilines is 2. The van der Waals surface area contributed by atoms with E-state index in [-0.39, 0.29) is 5.54 Å². The molecule has 1 heterocycles. The summed E-state index contributed by atoms with van der Waals surface area (Å²) in [6, 6.07) is 1.82. The summed E-state index contributed by atoms with van der Waals surface area (Å²) in [5, 5.41) is 3.53. The zero-order valence-electron chi connectivity index (χ0n) is 13.0. The summed E-state index contributed by atoms with van der Waals surface area (Å²) in [4.78, 5) is 8.79. The summed E-state index contributed by atoms with van der Waals surface area (Å²) < 4.78 is 5.36. The lowest BCUT2D eigenvalue weighted by Crippen LogP contribution is -2.36. The Morgan fingerprint density at radius 1 is 1.10 bits per heavy atom. The lowest BCUT2D eigenvalue weighted by Gasteiger charge is -2.32. The van der Waals surface area contributed by atoms with Crippen LogP contribution in [0.2, 0.25) is 0 Å². The van der Waals surface area contributed by atoms with Crippen molar-refractivity contribution in [3.8, 4) is 0 Å². The third kappa shape index (κ3) is 4.31. The Morgan fingerprint density at radius 2 is 1.70 bits per heavy atom. The SMILES string of the molecule is CCOCc1nc(NN)cc(NC(CC)(CC)CC)n1. The number of ether oxygens (including phenoxy) is 1. The Morgan fingerprint density at radius 3 is 2.20 bits per heavy atom. The fourth-order valence-electron chi connectivity index (χ4n) is 2.18. The van der Waals surface area contributed by atoms with Gasteiger partial charge in [0.25, 0.3) is 0 Å². The summed E-state index contributed by atoms with van der Waals surface area (Å²) in [6.45, 7) is 9.52. The highest BCUT2D eigenvalue weighted by molar-refractivity contribution is 5.48. The van der Waals surface area contributed by atoms with E-state index in [0.29, 0.717) is 24.9 Å². The summed E-state index contributed by atoms with van der Waals surface area (Å²) in [5.74, 6) is 7.47. The van der Waals surface area contributed by atoms with Gasteiger partial charge in [0.05, 0.1) is 0 Å². The molecule has 20 heavy (non-hydrogen) atoms. The van der Waals surface area contributed by atoms with Gasteiger partial charge in [-0.3, -0.25) is 0 Å². The minimum Gasteiger partial charge on any atom is -0.374 e. The van der Waals surface area contributed by atoms with Gasteiger partial charge in [0.1, 0.15) is 18.2 Å². The largest absolute Gasteiger partial charge is 0.374 e. The van der Waals surface area contributed by atoms with Gasteiger partial charge in [-0.25, -0.2) is 15.8 Å². The second-order valence-corrected chi connectivity index (χ2v) is 4.80. The number of rotatable bonds is 9. The first-order chi connectivity index (χ1) is 9.62. The van der Waals surface area contributed by atoms with Gasteiger partial charge in [0.15, 0.2) is 5.82 Å². The van der Waals surface area contributed by atoms with E-state index < -0.39 is 0 Å². The summed E-state index contributed by atoms with van der Waals surface area (Å²) in [7, 11) is 0. The number of hydrogen-bond acceptors (Lipinski definition) is 6. The van der Waals surface area contributed by atoms with Crippen LogP contribution in [-0.2, 0) is 11.3 Å². The molecule has 1 rings (SSSR count). The zero-order chi connectivity index (χ0) is 15.0. The normalized spacial score (nSPS) is 11.4. The zero-order valence-corrected chi connectivity index (χ0v) is 13.0. The van der Waals surface area contributed by atoms with E-state index in [1.807, 2.05) is 13.0 Å². The molecule has 0 bridgehead atoms. The van der Waals surface area contributed by atoms with Crippen molar-refractivity contribution in [3.63, 3.8) is 0 Å². The van der Waals surface area contributed by atoms with Crippen LogP contribution in [0.3, 0.4) is 0 Å². The van der Waals surface area contributed by atoms with Gasteiger partial charge >= 0.3 is 0 Å². The van der Waals surface area contributed by atoms with Crippen LogP contribution in [0, 0.1) is 0 Å². The van der Waals surface area contributed by atoms with Gasteiger partial charge in [0, 0.05) is 18.2 Å². The summed E-state index contributed by atoms with van der Waals surface area (Å²) in [5.41, 5.74) is 2.64. The molecule has 4 N–H and O–H groups in total. The molecule has 0 amide bonds. The fraction of sp³-hybridized carbons (Fsp3) is 0.714. The van der Waals surface area contributed by atoms with Gasteiger partial charge in [-0.1, -0.05) is 20.8 Å². The number of nitrogens with two attached hydrogens (primary N) is 1. The van der Waals surface area contributed by atoms with Crippen LogP contribution in [0.25, 0.3) is 0 Å². The highest BCUT2D eigenvalue weighted by Gasteiger charge is 2.24. The number of nitrogens with one attached hydrogen (secondary N) is 2. The Labute approximate surface area is 121 Å². The van der Waals surface area contributed by atoms with Crippen molar-refractivity contribution in [1.82, 2.24) is 9.97 Å². The molecule has 0 aliphatic heterocycles. The standard InChI is InChI=1S/C14H27N5O/c1-5-14(6-2,7-3)18-11-9-12(19-15)17-13(16-11)10-20-8-4/h9H,5-8,10,15H2,1-4H3,(H2,16,17,18,19). The van der Waals surface area contributed by atoms with Crippen molar-refractivity contribution in [2.24, 2.45) is 5.84 Å². The molecule has 0 saturated heterocycles. The lowest BCUT2D eigenvalue weighted by molar-refractivity contribution is 0.128. The Kier molecular flexibility index (Phi) is 6.67. The predicted molar refractivity (Wildman–Crippen MR) is 82.4 cm³/mol. The number of hydrogen-bond donors (Lipinski definition) is 3. The maximum Gasteiger partial charge on any atom is 0.158 e. The maximum absolute atomic E-state index is 5.47. The highest BCUT2D eigenvalue weighted by atomic mass is 16.5. The Balaban J connectivity index is 2.98. The number of nitrogen functional groups attached to an aromatic ring is 1. The van der Waals surface area contributed by atoms with Crippen molar-refractivity contribution in [2.75, 3.05) is 17.3 Å². The average Bonchev–Trinajstić information content (AvgIpc) is 2.50. The molecule has 0 unspecified atom stereocenters. The third-order valence-corrected chi connectivity index (χ3v) is 3.78. The summed E-state index contributed by atoms with van der Waals surface area (Å²) in [6.07, 6.45) is 3.11. The van der Waals surface area contributed by atoms with Crippen molar-refractivity contribution in [3.05, 3.63) is 11.9 Å². The van der Waals surface area contributed by atoms with Gasteiger partial charge in [0.2, 0.25) is 0 Å². The maximum atomic E-state index is 5.47. The predicted octanol–water partition coefficient (Wildman–Crippen LogP) is 2.68. The molecule has 0 atom stereocenters. The van der Waals surface area contributed by atoms with E-state index in [1.165, 1.54) is 0 Å². The molecule has 0 fully saturated rings. The minimum atomic E-state index is 0.0586. The van der Waals surface area contributed by atoms with Crippen LogP contribution in [-0.4, -0.2) is 22.1 Å². The van der Waals surface area contributed by atoms with Crippen LogP contribution < -0.4 is 16.6 Å². The summed E-state index contributed by atoms with van der Waals surface area (Å²) >= 11 is 0. The van der Waals surface area contributed by atoms with Crippen LogP contribution in [0.5, 0.6) is 0 Å². The van der Waals surface area contributed by atoms with E-state index in [4.69, 9.17) is 10.6 Å². The molecule has 0 aliphatic rings. The van der Waals surface area contributed by atoms with Crippen molar-refractivity contribution < 1.29 is 4.74 Å². The fourth-order valence-corrected chi connectivity index (χ4v) is 2.18. The Hall–Kier alpha value is -1.40. The van der Waals surface area contributed by atoms with Crippen LogP contribution in [0.4, 0.5) is 11.6 Å². The van der Waals surface area contributed by atoms with Gasteiger partial charge < -0.3 is 15.5 Å². The van der Waals surface area contributed by atoms with E-state index in [1.54, 1.807) is 0 Å². The van der Waals surface area contributed by atoms with E-state index in [2.05, 4.69) is 41.5 Å². The molecule has 6 nitrogen and oxygen atoms in total. The van der Waals surface area contributed by atoms with E-state index in [9.17, 15) is 0 Å². The topological polar surface area (TPSA) is 85.1 Å². The number of hydrazine groups is 1. The first-order valence-corrected chi connectivity index (χ1v) is 7.33. The first kappa shape index (κ1) is 16.7. The number of nitrogens with zero attached hydrogens (tertiary/aromatic N) is 2. The second-order valence-electron chi connectivity index (χ2n) is 4.80. The molecule has 1 aromatic heterocycles. The average molecular weight is 281 g/mol. The van der Waals surface area contributed by atoms with Crippen molar-refractivity contribution >= 4 is 11.6 Å². The van der Waals surface area contributed by atoms with Gasteiger partial charge in [-0.15, -0.1) is 0 Å². The molecular weight excluding hydrogens is 254 g/mol. The Bertz CT molecular complexity index is 398. The van der Waals surface area contributed by atoms with Gasteiger partial charge in [-0.05, 0) is 26.2 Å². The molecule has 0 saturated carbocycles. The molecule has 1 aromatic rings. The minimum absolute atomic E-state index is 0.0586. The molecular formula is C14H27N5O. The molecule has 0 aromatic carbocycles. The molecule has 0 spiro atoms. The lowest BCUT2D eigenvalue weighted by atomic mass is 9.90. The third-order valence-electron chi connectivity index (χ3n) is 3.78. The molecule has 0 aliphatic carbocycles. The molecule has 114 valence electrons. The quantitative estimate of drug-likeness (QED) is 0.476. The van der Waals surface area contributed by atoms with E-state index >= 15 is 0 Å². The smallest absolute Gasteiger partial charge is 0.158 e. The highest BCUT2D eigenvalue weighted by Crippen LogP contribution is 2.25.